The molecule has 0 aliphatic carbocycles. The van der Waals surface area contributed by atoms with Crippen molar-refractivity contribution in [3.8, 4) is 5.75 Å². The number of ether oxygens (including phenoxy) is 1. The number of likely N-dealkylation sites (N-methyl/N-ethyl adjacent to an activating group) is 1. The molecule has 1 heterocycles. The maximum absolute atomic E-state index is 12.0. The van der Waals surface area contributed by atoms with E-state index in [0.717, 1.165) is 17.0 Å². The van der Waals surface area contributed by atoms with Gasteiger partial charge < -0.3 is 14.7 Å². The Bertz CT molecular complexity index is 704. The number of aliphatic hydroxyl groups is 1. The van der Waals surface area contributed by atoms with E-state index >= 15 is 0 Å². The minimum atomic E-state index is -0.912. The second-order valence-electron chi connectivity index (χ2n) is 6.52. The van der Waals surface area contributed by atoms with Crippen molar-refractivity contribution in [2.24, 2.45) is 0 Å². The zero-order chi connectivity index (χ0) is 18.3. The largest absolute Gasteiger partial charge is 0.487 e. The van der Waals surface area contributed by atoms with Crippen LogP contribution in [0.3, 0.4) is 0 Å². The molecule has 1 aromatic carbocycles. The lowest BCUT2D eigenvalue weighted by Gasteiger charge is -2.24. The summed E-state index contributed by atoms with van der Waals surface area (Å²) in [6, 6.07) is 13.2. The van der Waals surface area contributed by atoms with Gasteiger partial charge in [-0.1, -0.05) is 18.2 Å². The van der Waals surface area contributed by atoms with Gasteiger partial charge in [0.15, 0.2) is 0 Å². The first-order valence-electron chi connectivity index (χ1n) is 8.12. The molecule has 0 radical (unpaired) electrons. The summed E-state index contributed by atoms with van der Waals surface area (Å²) in [4.78, 5) is 17.7. The maximum atomic E-state index is 12.0. The monoisotopic (exact) mass is 340 g/mol. The molecular weight excluding hydrogens is 316 g/mol. The van der Waals surface area contributed by atoms with Gasteiger partial charge in [-0.3, -0.25) is 9.78 Å². The van der Waals surface area contributed by atoms with E-state index in [1.807, 2.05) is 42.5 Å². The molecule has 132 valence electrons. The SMILES string of the molecule is CN(CC(C)(C)O)C(=O)/C=C/c1ccc(OCc2ccccn2)cc1. The maximum Gasteiger partial charge on any atom is 0.246 e. The Balaban J connectivity index is 1.88. The molecule has 1 N–H and O–H groups in total. The number of hydrogen-bond donors (Lipinski definition) is 1. The lowest BCUT2D eigenvalue weighted by Crippen LogP contribution is -2.38. The highest BCUT2D eigenvalue weighted by Crippen LogP contribution is 2.15. The third-order valence-electron chi connectivity index (χ3n) is 3.41. The Kier molecular flexibility index (Phi) is 6.31. The zero-order valence-corrected chi connectivity index (χ0v) is 14.8. The lowest BCUT2D eigenvalue weighted by atomic mass is 10.1. The summed E-state index contributed by atoms with van der Waals surface area (Å²) >= 11 is 0. The molecule has 0 bridgehead atoms. The van der Waals surface area contributed by atoms with Gasteiger partial charge in [-0.2, -0.15) is 0 Å². The minimum Gasteiger partial charge on any atom is -0.487 e. The van der Waals surface area contributed by atoms with Crippen LogP contribution in [0.25, 0.3) is 6.08 Å². The second kappa shape index (κ2) is 8.44. The minimum absolute atomic E-state index is 0.155. The molecule has 0 unspecified atom stereocenters. The molecular formula is C20H24N2O3. The number of nitrogens with zero attached hydrogens (tertiary/aromatic N) is 2. The van der Waals surface area contributed by atoms with E-state index in [0.29, 0.717) is 6.61 Å². The lowest BCUT2D eigenvalue weighted by molar-refractivity contribution is -0.127. The second-order valence-corrected chi connectivity index (χ2v) is 6.52. The van der Waals surface area contributed by atoms with E-state index in [4.69, 9.17) is 4.74 Å². The summed E-state index contributed by atoms with van der Waals surface area (Å²) in [5.74, 6) is 0.589. The summed E-state index contributed by atoms with van der Waals surface area (Å²) in [6.07, 6.45) is 4.97. The van der Waals surface area contributed by atoms with Crippen LogP contribution in [-0.4, -0.2) is 40.1 Å². The number of carbonyl (C=O) groups excluding carboxylic acids is 1. The van der Waals surface area contributed by atoms with Gasteiger partial charge in [0.25, 0.3) is 0 Å². The smallest absolute Gasteiger partial charge is 0.246 e. The molecule has 0 atom stereocenters. The van der Waals surface area contributed by atoms with Crippen LogP contribution < -0.4 is 4.74 Å². The van der Waals surface area contributed by atoms with Crippen molar-refractivity contribution < 1.29 is 14.6 Å². The Morgan fingerprint density at radius 2 is 1.96 bits per heavy atom. The summed E-state index contributed by atoms with van der Waals surface area (Å²) in [5, 5.41) is 9.75. The molecule has 1 amide bonds. The summed E-state index contributed by atoms with van der Waals surface area (Å²) in [7, 11) is 1.67. The molecule has 0 aliphatic heterocycles. The first kappa shape index (κ1) is 18.7. The van der Waals surface area contributed by atoms with E-state index in [2.05, 4.69) is 4.98 Å². The van der Waals surface area contributed by atoms with Crippen molar-refractivity contribution in [3.05, 3.63) is 66.0 Å². The predicted molar refractivity (Wildman–Crippen MR) is 98.0 cm³/mol. The van der Waals surface area contributed by atoms with Crippen LogP contribution in [0.15, 0.2) is 54.7 Å². The third-order valence-corrected chi connectivity index (χ3v) is 3.41. The number of hydrogen-bond acceptors (Lipinski definition) is 4. The van der Waals surface area contributed by atoms with E-state index < -0.39 is 5.60 Å². The van der Waals surface area contributed by atoms with E-state index in [1.54, 1.807) is 33.2 Å². The Morgan fingerprint density at radius 3 is 2.56 bits per heavy atom. The normalized spacial score (nSPS) is 11.5. The number of benzene rings is 1. The summed E-state index contributed by atoms with van der Waals surface area (Å²) < 4.78 is 5.68. The van der Waals surface area contributed by atoms with Crippen LogP contribution in [0.5, 0.6) is 5.75 Å². The van der Waals surface area contributed by atoms with Gasteiger partial charge in [0.1, 0.15) is 12.4 Å². The van der Waals surface area contributed by atoms with Crippen LogP contribution in [0.1, 0.15) is 25.1 Å². The van der Waals surface area contributed by atoms with Gasteiger partial charge in [-0.25, -0.2) is 0 Å². The number of aromatic nitrogens is 1. The van der Waals surface area contributed by atoms with Crippen molar-refractivity contribution in [2.75, 3.05) is 13.6 Å². The quantitative estimate of drug-likeness (QED) is 0.787. The fraction of sp³-hybridized carbons (Fsp3) is 0.300. The molecule has 2 aromatic rings. The van der Waals surface area contributed by atoms with Crippen LogP contribution in [0.2, 0.25) is 0 Å². The van der Waals surface area contributed by atoms with Crippen molar-refractivity contribution in [2.45, 2.75) is 26.1 Å². The third kappa shape index (κ3) is 6.77. The molecule has 25 heavy (non-hydrogen) atoms. The molecule has 5 heteroatoms. The first-order valence-corrected chi connectivity index (χ1v) is 8.12. The molecule has 0 saturated heterocycles. The highest BCUT2D eigenvalue weighted by atomic mass is 16.5. The van der Waals surface area contributed by atoms with Gasteiger partial charge in [0.05, 0.1) is 11.3 Å². The number of amides is 1. The van der Waals surface area contributed by atoms with E-state index in [1.165, 1.54) is 11.0 Å². The van der Waals surface area contributed by atoms with Crippen molar-refractivity contribution in [1.82, 2.24) is 9.88 Å². The van der Waals surface area contributed by atoms with Crippen molar-refractivity contribution in [3.63, 3.8) is 0 Å². The van der Waals surface area contributed by atoms with Gasteiger partial charge in [0.2, 0.25) is 5.91 Å². The molecule has 0 spiro atoms. The molecule has 2 rings (SSSR count). The number of pyridine rings is 1. The number of rotatable bonds is 7. The Morgan fingerprint density at radius 1 is 1.24 bits per heavy atom. The fourth-order valence-electron chi connectivity index (χ4n) is 2.27. The van der Waals surface area contributed by atoms with E-state index in [-0.39, 0.29) is 12.5 Å². The first-order chi connectivity index (χ1) is 11.8. The Labute approximate surface area is 148 Å². The average molecular weight is 340 g/mol. The van der Waals surface area contributed by atoms with E-state index in [9.17, 15) is 9.90 Å². The van der Waals surface area contributed by atoms with Crippen molar-refractivity contribution in [1.29, 1.82) is 0 Å². The predicted octanol–water partition coefficient (Wildman–Crippen LogP) is 2.90. The zero-order valence-electron chi connectivity index (χ0n) is 14.8. The fourth-order valence-corrected chi connectivity index (χ4v) is 2.27. The van der Waals surface area contributed by atoms with Crippen LogP contribution in [0.4, 0.5) is 0 Å². The highest BCUT2D eigenvalue weighted by Gasteiger charge is 2.17. The molecule has 5 nitrogen and oxygen atoms in total. The standard InChI is InChI=1S/C20H24N2O3/c1-20(2,24)15-22(3)19(23)12-9-16-7-10-18(11-8-16)25-14-17-6-4-5-13-21-17/h4-13,24H,14-15H2,1-3H3/b12-9+. The van der Waals surface area contributed by atoms with Gasteiger partial charge in [-0.15, -0.1) is 0 Å². The average Bonchev–Trinajstić information content (AvgIpc) is 2.58. The van der Waals surface area contributed by atoms with Gasteiger partial charge >= 0.3 is 0 Å². The molecule has 1 aromatic heterocycles. The Hall–Kier alpha value is -2.66. The molecule has 0 saturated carbocycles. The summed E-state index contributed by atoms with van der Waals surface area (Å²) in [5.41, 5.74) is 0.854. The van der Waals surface area contributed by atoms with Gasteiger partial charge in [-0.05, 0) is 49.8 Å². The van der Waals surface area contributed by atoms with Crippen LogP contribution in [-0.2, 0) is 11.4 Å². The highest BCUT2D eigenvalue weighted by molar-refractivity contribution is 5.91. The van der Waals surface area contributed by atoms with Crippen LogP contribution >= 0.6 is 0 Å². The van der Waals surface area contributed by atoms with Crippen LogP contribution in [0, 0.1) is 0 Å². The van der Waals surface area contributed by atoms with Crippen molar-refractivity contribution >= 4 is 12.0 Å². The summed E-state index contributed by atoms with van der Waals surface area (Å²) in [6.45, 7) is 4.03. The molecule has 0 fully saturated rings. The number of carbonyl (C=O) groups is 1. The topological polar surface area (TPSA) is 62.7 Å². The molecule has 0 aliphatic rings. The van der Waals surface area contributed by atoms with Gasteiger partial charge in [0, 0.05) is 25.9 Å².